The fourth-order valence-corrected chi connectivity index (χ4v) is 7.34. The smallest absolute Gasteiger partial charge is 0.133 e. The molecule has 0 heterocycles. The van der Waals surface area contributed by atoms with Crippen LogP contribution in [-0.2, 0) is 4.79 Å². The Morgan fingerprint density at radius 3 is 2.33 bits per heavy atom. The number of carbonyl (C=O) groups is 1. The maximum atomic E-state index is 12.1. The lowest BCUT2D eigenvalue weighted by atomic mass is 9.50. The Morgan fingerprint density at radius 2 is 1.62 bits per heavy atom. The molecule has 0 amide bonds. The average Bonchev–Trinajstić information content (AvgIpc) is 2.90. The summed E-state index contributed by atoms with van der Waals surface area (Å²) < 4.78 is 0. The molecule has 4 saturated carbocycles. The van der Waals surface area contributed by atoms with E-state index >= 15 is 0 Å². The number of fused-ring (bicyclic) bond motifs is 4. The number of hydrogen-bond donors (Lipinski definition) is 1. The summed E-state index contributed by atoms with van der Waals surface area (Å²) in [6, 6.07) is 0. The molecular weight excluding hydrogens is 296 g/mol. The van der Waals surface area contributed by atoms with Crippen LogP contribution in [0.1, 0.15) is 85.5 Å². The normalized spacial score (nSPS) is 50.0. The molecule has 0 radical (unpaired) electrons. The molecule has 0 aliphatic heterocycles. The van der Waals surface area contributed by atoms with E-state index in [1.54, 1.807) is 0 Å². The number of carbonyl (C=O) groups excluding carboxylic acids is 1. The third-order valence-electron chi connectivity index (χ3n) is 8.36. The number of rotatable bonds is 1. The molecular formula is C22H38O2. The predicted molar refractivity (Wildman–Crippen MR) is 98.6 cm³/mol. The summed E-state index contributed by atoms with van der Waals surface area (Å²) in [6.45, 7) is 8.26. The first-order valence-electron chi connectivity index (χ1n) is 10.7. The zero-order valence-corrected chi connectivity index (χ0v) is 16.3. The molecule has 0 aromatic rings. The minimum absolute atomic E-state index is 0.0276. The van der Waals surface area contributed by atoms with Gasteiger partial charge in [-0.2, -0.15) is 0 Å². The largest absolute Gasteiger partial charge is 0.393 e. The Labute approximate surface area is 148 Å². The first kappa shape index (κ1) is 18.4. The third kappa shape index (κ3) is 2.97. The molecule has 2 heteroatoms. The van der Waals surface area contributed by atoms with E-state index in [-0.39, 0.29) is 6.10 Å². The van der Waals surface area contributed by atoms with Crippen molar-refractivity contribution in [1.29, 1.82) is 0 Å². The molecule has 2 nitrogen and oxygen atoms in total. The molecule has 4 aliphatic rings. The van der Waals surface area contributed by atoms with Gasteiger partial charge in [-0.25, -0.2) is 0 Å². The van der Waals surface area contributed by atoms with E-state index in [2.05, 4.69) is 6.92 Å². The van der Waals surface area contributed by atoms with Gasteiger partial charge in [-0.1, -0.05) is 20.8 Å². The zero-order valence-electron chi connectivity index (χ0n) is 16.3. The van der Waals surface area contributed by atoms with Crippen LogP contribution >= 0.6 is 0 Å². The molecule has 8 atom stereocenters. The Morgan fingerprint density at radius 1 is 0.917 bits per heavy atom. The van der Waals surface area contributed by atoms with Gasteiger partial charge in [0.25, 0.3) is 0 Å². The fourth-order valence-electron chi connectivity index (χ4n) is 7.34. The van der Waals surface area contributed by atoms with Gasteiger partial charge in [0.15, 0.2) is 0 Å². The minimum Gasteiger partial charge on any atom is -0.393 e. The van der Waals surface area contributed by atoms with E-state index in [0.717, 1.165) is 48.9 Å². The van der Waals surface area contributed by atoms with Gasteiger partial charge in [0.05, 0.1) is 6.10 Å². The minimum atomic E-state index is -0.0276. The quantitative estimate of drug-likeness (QED) is 0.713. The van der Waals surface area contributed by atoms with Crippen LogP contribution in [0.5, 0.6) is 0 Å². The number of aliphatic hydroxyl groups excluding tert-OH is 1. The molecule has 0 bridgehead atoms. The Kier molecular flexibility index (Phi) is 5.45. The highest BCUT2D eigenvalue weighted by Gasteiger charge is 2.56. The van der Waals surface area contributed by atoms with Crippen molar-refractivity contribution in [3.63, 3.8) is 0 Å². The van der Waals surface area contributed by atoms with Crippen LogP contribution < -0.4 is 0 Å². The van der Waals surface area contributed by atoms with Gasteiger partial charge in [0.2, 0.25) is 0 Å². The summed E-state index contributed by atoms with van der Waals surface area (Å²) in [5, 5.41) is 9.99. The monoisotopic (exact) mass is 334 g/mol. The van der Waals surface area contributed by atoms with Gasteiger partial charge in [0, 0.05) is 5.92 Å². The molecule has 0 spiro atoms. The van der Waals surface area contributed by atoms with E-state index in [4.69, 9.17) is 0 Å². The third-order valence-corrected chi connectivity index (χ3v) is 8.36. The molecule has 4 aliphatic carbocycles. The van der Waals surface area contributed by atoms with Gasteiger partial charge in [-0.3, -0.25) is 4.79 Å². The summed E-state index contributed by atoms with van der Waals surface area (Å²) in [7, 11) is 0. The molecule has 0 aromatic carbocycles. The summed E-state index contributed by atoms with van der Waals surface area (Å²) >= 11 is 0. The number of aliphatic hydroxyl groups is 1. The van der Waals surface area contributed by atoms with Gasteiger partial charge in [0.1, 0.15) is 5.78 Å². The van der Waals surface area contributed by atoms with Crippen molar-refractivity contribution in [3.05, 3.63) is 0 Å². The zero-order chi connectivity index (χ0) is 17.5. The van der Waals surface area contributed by atoms with Gasteiger partial charge >= 0.3 is 0 Å². The van der Waals surface area contributed by atoms with Crippen molar-refractivity contribution in [3.8, 4) is 0 Å². The SMILES string of the molecule is CC.CC(=O)[C@@H]1CC[C@@H]2C[C@H]3[C@@H](CC[C@H]4C[C@H](O)CC[C@@H]43)C[C@]21C. The predicted octanol–water partition coefficient (Wildman–Crippen LogP) is 5.23. The Balaban J connectivity index is 0.000000815. The second-order valence-corrected chi connectivity index (χ2v) is 9.28. The number of hydrogen-bond acceptors (Lipinski definition) is 2. The molecule has 1 N–H and O–H groups in total. The maximum absolute atomic E-state index is 12.1. The van der Waals surface area contributed by atoms with Gasteiger partial charge in [-0.15, -0.1) is 0 Å². The lowest BCUT2D eigenvalue weighted by Crippen LogP contribution is -2.48. The summed E-state index contributed by atoms with van der Waals surface area (Å²) in [5.74, 6) is 4.99. The fraction of sp³-hybridized carbons (Fsp3) is 0.955. The second-order valence-electron chi connectivity index (χ2n) is 9.28. The van der Waals surface area contributed by atoms with Crippen LogP contribution in [0.4, 0.5) is 0 Å². The maximum Gasteiger partial charge on any atom is 0.133 e. The molecule has 24 heavy (non-hydrogen) atoms. The van der Waals surface area contributed by atoms with Crippen molar-refractivity contribution in [2.75, 3.05) is 0 Å². The molecule has 138 valence electrons. The number of Topliss-reactive ketones (excluding diaryl/α,β-unsaturated/α-hetero) is 1. The van der Waals surface area contributed by atoms with Crippen molar-refractivity contribution in [2.45, 2.75) is 91.6 Å². The Hall–Kier alpha value is -0.370. The highest BCUT2D eigenvalue weighted by molar-refractivity contribution is 5.79. The highest BCUT2D eigenvalue weighted by atomic mass is 16.3. The molecule has 4 fully saturated rings. The standard InChI is InChI=1S/C20H32O2.C2H6/c1-12(21)19-8-5-15-10-18-14(11-20(15,19)2)4-3-13-9-16(22)6-7-17(13)18;1-2/h13-19,22H,3-11H2,1-2H3;1-2H3/t13-,14-,15+,16+,17-,18-,19-,20+;/m0./s1. The van der Waals surface area contributed by atoms with Crippen LogP contribution in [0, 0.1) is 40.9 Å². The molecule has 0 aromatic heterocycles. The summed E-state index contributed by atoms with van der Waals surface area (Å²) in [5.41, 5.74) is 0.300. The average molecular weight is 335 g/mol. The van der Waals surface area contributed by atoms with E-state index in [9.17, 15) is 9.90 Å². The van der Waals surface area contributed by atoms with Gasteiger partial charge < -0.3 is 5.11 Å². The van der Waals surface area contributed by atoms with Crippen LogP contribution in [0.15, 0.2) is 0 Å². The number of ketones is 1. The second kappa shape index (κ2) is 7.09. The lowest BCUT2D eigenvalue weighted by Gasteiger charge is -2.55. The van der Waals surface area contributed by atoms with E-state index in [1.165, 1.54) is 38.5 Å². The topological polar surface area (TPSA) is 37.3 Å². The van der Waals surface area contributed by atoms with Gasteiger partial charge in [-0.05, 0) is 99.7 Å². The Bertz CT molecular complexity index is 459. The van der Waals surface area contributed by atoms with Crippen LogP contribution in [-0.4, -0.2) is 17.0 Å². The van der Waals surface area contributed by atoms with Crippen molar-refractivity contribution in [1.82, 2.24) is 0 Å². The van der Waals surface area contributed by atoms with Crippen LogP contribution in [0.3, 0.4) is 0 Å². The van der Waals surface area contributed by atoms with Crippen LogP contribution in [0.2, 0.25) is 0 Å². The summed E-state index contributed by atoms with van der Waals surface area (Å²) in [4.78, 5) is 12.1. The first-order valence-corrected chi connectivity index (χ1v) is 10.7. The molecule has 0 unspecified atom stereocenters. The van der Waals surface area contributed by atoms with Crippen molar-refractivity contribution >= 4 is 5.78 Å². The van der Waals surface area contributed by atoms with Crippen molar-refractivity contribution in [2.24, 2.45) is 40.9 Å². The molecule has 0 saturated heterocycles. The first-order chi connectivity index (χ1) is 11.5. The van der Waals surface area contributed by atoms with E-state index in [1.807, 2.05) is 20.8 Å². The lowest BCUT2D eigenvalue weighted by molar-refractivity contribution is -0.128. The van der Waals surface area contributed by atoms with E-state index < -0.39 is 0 Å². The summed E-state index contributed by atoms with van der Waals surface area (Å²) in [6.07, 6.45) is 11.1. The van der Waals surface area contributed by atoms with Crippen molar-refractivity contribution < 1.29 is 9.90 Å². The highest BCUT2D eigenvalue weighted by Crippen LogP contribution is 2.63. The van der Waals surface area contributed by atoms with Crippen LogP contribution in [0.25, 0.3) is 0 Å². The molecule has 4 rings (SSSR count). The van der Waals surface area contributed by atoms with E-state index in [0.29, 0.717) is 17.1 Å².